The van der Waals surface area contributed by atoms with E-state index in [0.717, 1.165) is 16.5 Å². The normalized spacial score (nSPS) is 9.26. The number of benzene rings is 1. The van der Waals surface area contributed by atoms with Crippen molar-refractivity contribution in [1.29, 1.82) is 5.26 Å². The molecule has 1 heterocycles. The average molecular weight is 258 g/mol. The number of nitrogens with zero attached hydrogens (tertiary/aromatic N) is 2. The number of nitriles is 1. The van der Waals surface area contributed by atoms with Crippen molar-refractivity contribution in [3.63, 3.8) is 0 Å². The van der Waals surface area contributed by atoms with Gasteiger partial charge in [0.2, 0.25) is 0 Å². The van der Waals surface area contributed by atoms with E-state index in [1.165, 1.54) is 0 Å². The Bertz CT molecular complexity index is 616. The zero-order valence-corrected chi connectivity index (χ0v) is 11.9. The first-order valence-electron chi connectivity index (χ1n) is 6.12. The smallest absolute Gasteiger partial charge is 0.162 e. The van der Waals surface area contributed by atoms with Crippen LogP contribution in [0.2, 0.25) is 0 Å². The number of rotatable bonds is 2. The van der Waals surface area contributed by atoms with Crippen molar-refractivity contribution >= 4 is 10.9 Å². The quantitative estimate of drug-likeness (QED) is 0.827. The van der Waals surface area contributed by atoms with Crippen LogP contribution in [0.1, 0.15) is 25.0 Å². The zero-order valence-electron chi connectivity index (χ0n) is 11.9. The SMILES string of the molecule is CC.COc1cc2ncc(C#N)c(C)c2cc1OC. The predicted octanol–water partition coefficient (Wildman–Crippen LogP) is 3.46. The van der Waals surface area contributed by atoms with Crippen LogP contribution >= 0.6 is 0 Å². The Kier molecular flexibility index (Phi) is 5.13. The first-order valence-corrected chi connectivity index (χ1v) is 6.12. The van der Waals surface area contributed by atoms with Crippen LogP contribution in [0.4, 0.5) is 0 Å². The van der Waals surface area contributed by atoms with Gasteiger partial charge in [0.15, 0.2) is 11.5 Å². The second-order valence-corrected chi connectivity index (χ2v) is 3.63. The summed E-state index contributed by atoms with van der Waals surface area (Å²) in [6.45, 7) is 5.90. The maximum Gasteiger partial charge on any atom is 0.162 e. The minimum atomic E-state index is 0.574. The van der Waals surface area contributed by atoms with Crippen LogP contribution in [0.25, 0.3) is 10.9 Å². The Hall–Kier alpha value is -2.28. The van der Waals surface area contributed by atoms with Crippen molar-refractivity contribution in [2.75, 3.05) is 14.2 Å². The van der Waals surface area contributed by atoms with Gasteiger partial charge in [0.25, 0.3) is 0 Å². The summed E-state index contributed by atoms with van der Waals surface area (Å²) >= 11 is 0. The van der Waals surface area contributed by atoms with Gasteiger partial charge in [-0.15, -0.1) is 0 Å². The number of hydrogen-bond acceptors (Lipinski definition) is 4. The molecule has 4 heteroatoms. The number of aryl methyl sites for hydroxylation is 1. The first-order chi connectivity index (χ1) is 9.21. The highest BCUT2D eigenvalue weighted by atomic mass is 16.5. The number of ether oxygens (including phenoxy) is 2. The predicted molar refractivity (Wildman–Crippen MR) is 75.6 cm³/mol. The van der Waals surface area contributed by atoms with Crippen molar-refractivity contribution in [3.05, 3.63) is 29.5 Å². The van der Waals surface area contributed by atoms with E-state index < -0.39 is 0 Å². The molecular weight excluding hydrogens is 240 g/mol. The molecular formula is C15H18N2O2. The summed E-state index contributed by atoms with van der Waals surface area (Å²) in [4.78, 5) is 4.24. The Labute approximate surface area is 113 Å². The molecule has 4 nitrogen and oxygen atoms in total. The lowest BCUT2D eigenvalue weighted by atomic mass is 10.1. The van der Waals surface area contributed by atoms with E-state index in [4.69, 9.17) is 14.7 Å². The van der Waals surface area contributed by atoms with E-state index in [1.807, 2.05) is 32.9 Å². The van der Waals surface area contributed by atoms with E-state index in [2.05, 4.69) is 11.1 Å². The van der Waals surface area contributed by atoms with Gasteiger partial charge in [0, 0.05) is 17.6 Å². The summed E-state index contributed by atoms with van der Waals surface area (Å²) in [6.07, 6.45) is 1.57. The van der Waals surface area contributed by atoms with Gasteiger partial charge < -0.3 is 9.47 Å². The maximum atomic E-state index is 8.96. The van der Waals surface area contributed by atoms with Gasteiger partial charge in [0.05, 0.1) is 25.3 Å². The third-order valence-corrected chi connectivity index (χ3v) is 2.76. The lowest BCUT2D eigenvalue weighted by Gasteiger charge is -2.10. The minimum Gasteiger partial charge on any atom is -0.493 e. The Morgan fingerprint density at radius 2 is 1.68 bits per heavy atom. The van der Waals surface area contributed by atoms with Gasteiger partial charge in [-0.1, -0.05) is 13.8 Å². The molecule has 100 valence electrons. The standard InChI is InChI=1S/C13H12N2O2.C2H6/c1-8-9(6-14)7-15-11-5-13(17-3)12(16-2)4-10(8)11;1-2/h4-5,7H,1-3H3;1-2H3. The summed E-state index contributed by atoms with van der Waals surface area (Å²) in [5, 5.41) is 9.86. The highest BCUT2D eigenvalue weighted by Gasteiger charge is 2.10. The fourth-order valence-electron chi connectivity index (χ4n) is 1.76. The fraction of sp³-hybridized carbons (Fsp3) is 0.333. The molecule has 0 spiro atoms. The summed E-state index contributed by atoms with van der Waals surface area (Å²) in [5.74, 6) is 1.27. The second-order valence-electron chi connectivity index (χ2n) is 3.63. The van der Waals surface area contributed by atoms with Crippen LogP contribution in [-0.2, 0) is 0 Å². The molecule has 0 amide bonds. The van der Waals surface area contributed by atoms with Crippen molar-refractivity contribution in [2.24, 2.45) is 0 Å². The minimum absolute atomic E-state index is 0.574. The number of fused-ring (bicyclic) bond motifs is 1. The molecule has 0 atom stereocenters. The van der Waals surface area contributed by atoms with Crippen molar-refractivity contribution in [2.45, 2.75) is 20.8 Å². The molecule has 2 aromatic rings. The molecule has 0 radical (unpaired) electrons. The van der Waals surface area contributed by atoms with Gasteiger partial charge in [-0.2, -0.15) is 5.26 Å². The molecule has 0 bridgehead atoms. The molecule has 1 aromatic heterocycles. The number of hydrogen-bond donors (Lipinski definition) is 0. The van der Waals surface area contributed by atoms with E-state index >= 15 is 0 Å². The molecule has 0 saturated carbocycles. The molecule has 0 fully saturated rings. The van der Waals surface area contributed by atoms with Crippen molar-refractivity contribution in [1.82, 2.24) is 4.98 Å². The van der Waals surface area contributed by atoms with Crippen LogP contribution in [0.3, 0.4) is 0 Å². The molecule has 0 N–H and O–H groups in total. The van der Waals surface area contributed by atoms with E-state index in [0.29, 0.717) is 17.1 Å². The lowest BCUT2D eigenvalue weighted by Crippen LogP contribution is -1.94. The summed E-state index contributed by atoms with van der Waals surface area (Å²) < 4.78 is 10.4. The number of aromatic nitrogens is 1. The topological polar surface area (TPSA) is 55.1 Å². The van der Waals surface area contributed by atoms with E-state index in [9.17, 15) is 0 Å². The fourth-order valence-corrected chi connectivity index (χ4v) is 1.76. The molecule has 0 aliphatic rings. The third-order valence-electron chi connectivity index (χ3n) is 2.76. The third kappa shape index (κ3) is 2.76. The Morgan fingerprint density at radius 1 is 1.11 bits per heavy atom. The molecule has 0 aliphatic carbocycles. The van der Waals surface area contributed by atoms with Crippen molar-refractivity contribution in [3.8, 4) is 17.6 Å². The summed E-state index contributed by atoms with van der Waals surface area (Å²) in [6, 6.07) is 5.77. The molecule has 0 unspecified atom stereocenters. The van der Waals surface area contributed by atoms with Crippen molar-refractivity contribution < 1.29 is 9.47 Å². The van der Waals surface area contributed by atoms with Gasteiger partial charge in [0.1, 0.15) is 6.07 Å². The lowest BCUT2D eigenvalue weighted by molar-refractivity contribution is 0.356. The van der Waals surface area contributed by atoms with Gasteiger partial charge in [-0.3, -0.25) is 4.98 Å². The maximum absolute atomic E-state index is 8.96. The Balaban J connectivity index is 0.000000861. The van der Waals surface area contributed by atoms with Gasteiger partial charge in [-0.05, 0) is 18.6 Å². The van der Waals surface area contributed by atoms with Crippen LogP contribution in [0.5, 0.6) is 11.5 Å². The van der Waals surface area contributed by atoms with Crippen LogP contribution in [0, 0.1) is 18.3 Å². The molecule has 0 saturated heterocycles. The molecule has 2 rings (SSSR count). The monoisotopic (exact) mass is 258 g/mol. The van der Waals surface area contributed by atoms with Gasteiger partial charge in [-0.25, -0.2) is 0 Å². The van der Waals surface area contributed by atoms with Crippen LogP contribution in [0.15, 0.2) is 18.3 Å². The molecule has 1 aromatic carbocycles. The second kappa shape index (κ2) is 6.60. The first kappa shape index (κ1) is 14.8. The highest BCUT2D eigenvalue weighted by Crippen LogP contribution is 2.33. The molecule has 19 heavy (non-hydrogen) atoms. The zero-order chi connectivity index (χ0) is 14.4. The van der Waals surface area contributed by atoms with Crippen LogP contribution < -0.4 is 9.47 Å². The highest BCUT2D eigenvalue weighted by molar-refractivity contribution is 5.87. The Morgan fingerprint density at radius 3 is 2.21 bits per heavy atom. The largest absolute Gasteiger partial charge is 0.493 e. The number of methoxy groups -OCH3 is 2. The van der Waals surface area contributed by atoms with Gasteiger partial charge >= 0.3 is 0 Å². The number of pyridine rings is 1. The van der Waals surface area contributed by atoms with Crippen LogP contribution in [-0.4, -0.2) is 19.2 Å². The van der Waals surface area contributed by atoms with E-state index in [1.54, 1.807) is 20.4 Å². The summed E-state index contributed by atoms with van der Waals surface area (Å²) in [5.41, 5.74) is 2.27. The van der Waals surface area contributed by atoms with E-state index in [-0.39, 0.29) is 0 Å². The summed E-state index contributed by atoms with van der Waals surface area (Å²) in [7, 11) is 3.17. The average Bonchev–Trinajstić information content (AvgIpc) is 2.48. The molecule has 0 aliphatic heterocycles.